The quantitative estimate of drug-likeness (QED) is 0.542. The molecule has 2 aliphatic rings. The molecule has 2 atom stereocenters. The molecule has 0 heterocycles. The van der Waals surface area contributed by atoms with E-state index in [1.54, 1.807) is 12.1 Å². The first-order valence-corrected chi connectivity index (χ1v) is 9.13. The number of hydrogen-bond acceptors (Lipinski definition) is 1. The van der Waals surface area contributed by atoms with Crippen LogP contribution in [0.25, 0.3) is 6.08 Å². The highest BCUT2D eigenvalue weighted by Gasteiger charge is 2.42. The number of benzene rings is 2. The maximum atomic E-state index is 14.4. The standard InChI is InChI=1S/C22H20F4O/c1-12(2)27-21-11-19-16-8-7-15(18(19)10-20(21)23)17(16)9-13-3-5-14(6-4-13)22(24,25)26/h3-6,9-12,15-16H,7-8H2,1-2H3/b17-9+. The van der Waals surface area contributed by atoms with Gasteiger partial charge in [-0.2, -0.15) is 13.2 Å². The minimum atomic E-state index is -4.33. The highest BCUT2D eigenvalue weighted by Crippen LogP contribution is 2.58. The molecule has 142 valence electrons. The molecule has 1 saturated carbocycles. The Morgan fingerprint density at radius 2 is 1.59 bits per heavy atom. The lowest BCUT2D eigenvalue weighted by atomic mass is 9.91. The zero-order chi connectivity index (χ0) is 19.3. The molecule has 2 bridgehead atoms. The number of rotatable bonds is 3. The van der Waals surface area contributed by atoms with Gasteiger partial charge in [0.1, 0.15) is 0 Å². The third-order valence-electron chi connectivity index (χ3n) is 5.37. The van der Waals surface area contributed by atoms with Gasteiger partial charge >= 0.3 is 6.18 Å². The van der Waals surface area contributed by atoms with E-state index in [0.29, 0.717) is 0 Å². The van der Waals surface area contributed by atoms with Gasteiger partial charge in [0, 0.05) is 11.8 Å². The maximum Gasteiger partial charge on any atom is 0.416 e. The first-order chi connectivity index (χ1) is 12.7. The average Bonchev–Trinajstić information content (AvgIpc) is 3.10. The van der Waals surface area contributed by atoms with Crippen LogP contribution in [0, 0.1) is 5.82 Å². The molecular weight excluding hydrogens is 356 g/mol. The fourth-order valence-electron chi connectivity index (χ4n) is 4.27. The van der Waals surface area contributed by atoms with Crippen molar-refractivity contribution in [2.75, 3.05) is 0 Å². The van der Waals surface area contributed by atoms with Gasteiger partial charge in [-0.1, -0.05) is 23.8 Å². The van der Waals surface area contributed by atoms with E-state index in [-0.39, 0.29) is 29.5 Å². The van der Waals surface area contributed by atoms with Crippen LogP contribution in [0.15, 0.2) is 42.0 Å². The van der Waals surface area contributed by atoms with E-state index in [1.807, 2.05) is 19.9 Å². The van der Waals surface area contributed by atoms with Crippen LogP contribution in [0.1, 0.15) is 60.8 Å². The summed E-state index contributed by atoms with van der Waals surface area (Å²) in [6, 6.07) is 8.56. The summed E-state index contributed by atoms with van der Waals surface area (Å²) < 4.78 is 58.2. The van der Waals surface area contributed by atoms with Gasteiger partial charge in [0.05, 0.1) is 11.7 Å². The number of halogens is 4. The first kappa shape index (κ1) is 18.1. The van der Waals surface area contributed by atoms with Crippen LogP contribution in [0.4, 0.5) is 17.6 Å². The van der Waals surface area contributed by atoms with Crippen LogP contribution in [0.2, 0.25) is 0 Å². The largest absolute Gasteiger partial charge is 0.488 e. The van der Waals surface area contributed by atoms with Gasteiger partial charge < -0.3 is 4.74 Å². The van der Waals surface area contributed by atoms with Crippen molar-refractivity contribution in [3.8, 4) is 5.75 Å². The molecular formula is C22H20F4O. The second-order valence-corrected chi connectivity index (χ2v) is 7.52. The second kappa shape index (κ2) is 6.39. The molecule has 0 saturated heterocycles. The van der Waals surface area contributed by atoms with E-state index in [1.165, 1.54) is 12.1 Å². The van der Waals surface area contributed by atoms with Crippen LogP contribution in [-0.4, -0.2) is 6.10 Å². The molecule has 0 amide bonds. The monoisotopic (exact) mass is 376 g/mol. The molecule has 5 heteroatoms. The summed E-state index contributed by atoms with van der Waals surface area (Å²) in [5.41, 5.74) is 3.31. The number of alkyl halides is 3. The van der Waals surface area contributed by atoms with Crippen LogP contribution < -0.4 is 4.74 Å². The first-order valence-electron chi connectivity index (χ1n) is 9.13. The summed E-state index contributed by atoms with van der Waals surface area (Å²) in [4.78, 5) is 0. The third kappa shape index (κ3) is 3.24. The highest BCUT2D eigenvalue weighted by molar-refractivity contribution is 5.66. The Bertz CT molecular complexity index is 894. The molecule has 1 nitrogen and oxygen atoms in total. The van der Waals surface area contributed by atoms with Gasteiger partial charge in [-0.25, -0.2) is 4.39 Å². The Morgan fingerprint density at radius 1 is 1.00 bits per heavy atom. The van der Waals surface area contributed by atoms with E-state index in [2.05, 4.69) is 0 Å². The van der Waals surface area contributed by atoms with Crippen molar-refractivity contribution in [3.63, 3.8) is 0 Å². The Hall–Kier alpha value is -2.30. The van der Waals surface area contributed by atoms with Crippen molar-refractivity contribution >= 4 is 6.08 Å². The lowest BCUT2D eigenvalue weighted by molar-refractivity contribution is -0.137. The van der Waals surface area contributed by atoms with Crippen LogP contribution >= 0.6 is 0 Å². The molecule has 0 spiro atoms. The third-order valence-corrected chi connectivity index (χ3v) is 5.37. The molecule has 1 fully saturated rings. The molecule has 2 aliphatic carbocycles. The SMILES string of the molecule is CC(C)Oc1cc2c(cc1F)C1CCC2/C1=C/c1ccc(C(F)(F)F)cc1. The van der Waals surface area contributed by atoms with E-state index in [0.717, 1.165) is 47.2 Å². The molecule has 2 aromatic rings. The van der Waals surface area contributed by atoms with Gasteiger partial charge in [0.2, 0.25) is 0 Å². The number of allylic oxidation sites excluding steroid dienone is 1. The molecule has 0 aromatic heterocycles. The summed E-state index contributed by atoms with van der Waals surface area (Å²) in [5, 5.41) is 0. The van der Waals surface area contributed by atoms with Crippen LogP contribution in [0.5, 0.6) is 5.75 Å². The number of ether oxygens (including phenoxy) is 1. The zero-order valence-electron chi connectivity index (χ0n) is 15.1. The molecule has 4 rings (SSSR count). The van der Waals surface area contributed by atoms with Crippen molar-refractivity contribution < 1.29 is 22.3 Å². The topological polar surface area (TPSA) is 9.23 Å². The molecule has 0 radical (unpaired) electrons. The Labute approximate surface area is 155 Å². The lowest BCUT2D eigenvalue weighted by Crippen LogP contribution is -2.08. The lowest BCUT2D eigenvalue weighted by Gasteiger charge is -2.17. The van der Waals surface area contributed by atoms with Crippen molar-refractivity contribution in [3.05, 3.63) is 70.0 Å². The highest BCUT2D eigenvalue weighted by atomic mass is 19.4. The van der Waals surface area contributed by atoms with E-state index < -0.39 is 11.7 Å². The van der Waals surface area contributed by atoms with Crippen LogP contribution in [-0.2, 0) is 6.18 Å². The smallest absolute Gasteiger partial charge is 0.416 e. The average molecular weight is 376 g/mol. The number of hydrogen-bond donors (Lipinski definition) is 0. The molecule has 0 N–H and O–H groups in total. The summed E-state index contributed by atoms with van der Waals surface area (Å²) in [6.07, 6.45) is -0.578. The van der Waals surface area contributed by atoms with Crippen LogP contribution in [0.3, 0.4) is 0 Å². The summed E-state index contributed by atoms with van der Waals surface area (Å²) in [7, 11) is 0. The molecule has 27 heavy (non-hydrogen) atoms. The van der Waals surface area contributed by atoms with Crippen molar-refractivity contribution in [2.24, 2.45) is 0 Å². The van der Waals surface area contributed by atoms with Crippen molar-refractivity contribution in [1.82, 2.24) is 0 Å². The van der Waals surface area contributed by atoms with E-state index in [9.17, 15) is 17.6 Å². The van der Waals surface area contributed by atoms with Gasteiger partial charge in [0.25, 0.3) is 0 Å². The summed E-state index contributed by atoms with van der Waals surface area (Å²) in [5.74, 6) is 0.228. The predicted octanol–water partition coefficient (Wildman–Crippen LogP) is 6.69. The van der Waals surface area contributed by atoms with E-state index >= 15 is 0 Å². The van der Waals surface area contributed by atoms with Gasteiger partial charge in [-0.15, -0.1) is 0 Å². The maximum absolute atomic E-state index is 14.4. The Kier molecular flexibility index (Phi) is 4.28. The summed E-state index contributed by atoms with van der Waals surface area (Å²) in [6.45, 7) is 3.71. The van der Waals surface area contributed by atoms with E-state index in [4.69, 9.17) is 4.74 Å². The van der Waals surface area contributed by atoms with Crippen molar-refractivity contribution in [2.45, 2.75) is 50.8 Å². The van der Waals surface area contributed by atoms with Gasteiger partial charge in [-0.05, 0) is 67.6 Å². The fourth-order valence-corrected chi connectivity index (χ4v) is 4.27. The second-order valence-electron chi connectivity index (χ2n) is 7.52. The Balaban J connectivity index is 1.67. The molecule has 2 unspecified atom stereocenters. The van der Waals surface area contributed by atoms with Crippen molar-refractivity contribution in [1.29, 1.82) is 0 Å². The predicted molar refractivity (Wildman–Crippen MR) is 96.3 cm³/mol. The fraction of sp³-hybridized carbons (Fsp3) is 0.364. The Morgan fingerprint density at radius 3 is 2.15 bits per heavy atom. The van der Waals surface area contributed by atoms with Gasteiger partial charge in [-0.3, -0.25) is 0 Å². The minimum absolute atomic E-state index is 0.113. The molecule has 2 aromatic carbocycles. The zero-order valence-corrected chi connectivity index (χ0v) is 15.1. The van der Waals surface area contributed by atoms with Gasteiger partial charge in [0.15, 0.2) is 11.6 Å². The minimum Gasteiger partial charge on any atom is -0.488 e. The normalized spacial score (nSPS) is 22.6. The number of fused-ring (bicyclic) bond motifs is 5. The summed E-state index contributed by atoms with van der Waals surface area (Å²) >= 11 is 0. The molecule has 0 aliphatic heterocycles.